The molecule has 3 aromatic heterocycles. The summed E-state index contributed by atoms with van der Waals surface area (Å²) in [6.45, 7) is 0. The summed E-state index contributed by atoms with van der Waals surface area (Å²) in [6.07, 6.45) is 6.37. The van der Waals surface area contributed by atoms with Crippen LogP contribution in [0.25, 0.3) is 21.5 Å². The number of rotatable bonds is 5. The maximum Gasteiger partial charge on any atom is 0.240 e. The van der Waals surface area contributed by atoms with E-state index in [0.29, 0.717) is 23.2 Å². The van der Waals surface area contributed by atoms with Gasteiger partial charge in [-0.2, -0.15) is 4.39 Å². The Morgan fingerprint density at radius 1 is 1.04 bits per heavy atom. The van der Waals surface area contributed by atoms with Gasteiger partial charge in [-0.1, -0.05) is 23.5 Å². The summed E-state index contributed by atoms with van der Waals surface area (Å²) in [5, 5.41) is 4.41. The zero-order valence-electron chi connectivity index (χ0n) is 14.7. The number of aromatic nitrogens is 4. The van der Waals surface area contributed by atoms with Crippen LogP contribution in [0.15, 0.2) is 55.0 Å². The van der Waals surface area contributed by atoms with Gasteiger partial charge in [0.05, 0.1) is 10.2 Å². The van der Waals surface area contributed by atoms with Crippen LogP contribution in [0.4, 0.5) is 9.52 Å². The Labute approximate surface area is 164 Å². The number of fused-ring (bicyclic) bond motifs is 1. The molecule has 1 N–H and O–H groups in total. The van der Waals surface area contributed by atoms with E-state index in [1.54, 1.807) is 29.8 Å². The second kappa shape index (κ2) is 7.12. The number of anilines is 1. The van der Waals surface area contributed by atoms with Gasteiger partial charge >= 0.3 is 0 Å². The van der Waals surface area contributed by atoms with Gasteiger partial charge in [-0.05, 0) is 24.3 Å². The fourth-order valence-electron chi connectivity index (χ4n) is 3.17. The third-order valence-electron chi connectivity index (χ3n) is 4.66. The van der Waals surface area contributed by atoms with Crippen LogP contribution in [0.1, 0.15) is 12.8 Å². The van der Waals surface area contributed by atoms with Gasteiger partial charge in [0.25, 0.3) is 0 Å². The lowest BCUT2D eigenvalue weighted by molar-refractivity contribution is 0.103. The number of pyridine rings is 1. The van der Waals surface area contributed by atoms with E-state index >= 15 is 0 Å². The molecule has 0 radical (unpaired) electrons. The molecule has 0 unspecified atom stereocenters. The number of halogens is 1. The Balaban J connectivity index is 1.23. The van der Waals surface area contributed by atoms with E-state index in [4.69, 9.17) is 4.74 Å². The molecule has 4 aromatic rings. The van der Waals surface area contributed by atoms with Crippen LogP contribution < -0.4 is 10.1 Å². The Bertz CT molecular complexity index is 1080. The number of hydrogen-bond acceptors (Lipinski definition) is 7. The highest BCUT2D eigenvalue weighted by molar-refractivity contribution is 7.22. The van der Waals surface area contributed by atoms with Crippen molar-refractivity contribution in [3.05, 3.63) is 60.9 Å². The van der Waals surface area contributed by atoms with Crippen LogP contribution in [0, 0.1) is 5.95 Å². The van der Waals surface area contributed by atoms with E-state index in [1.165, 1.54) is 17.0 Å². The van der Waals surface area contributed by atoms with Gasteiger partial charge in [0.1, 0.15) is 11.8 Å². The van der Waals surface area contributed by atoms with Crippen LogP contribution in [-0.2, 0) is 0 Å². The molecule has 0 aliphatic heterocycles. The maximum atomic E-state index is 13.1. The SMILES string of the molecule is Fc1ccc(-c2nccnc2OC2CC(Nc3nc4ccccc4s3)C2)cn1. The van der Waals surface area contributed by atoms with Crippen molar-refractivity contribution in [1.29, 1.82) is 0 Å². The van der Waals surface area contributed by atoms with Crippen molar-refractivity contribution < 1.29 is 9.13 Å². The first kappa shape index (κ1) is 17.0. The van der Waals surface area contributed by atoms with Gasteiger partial charge in [-0.25, -0.2) is 19.9 Å². The molecule has 0 spiro atoms. The molecule has 0 bridgehead atoms. The second-order valence-electron chi connectivity index (χ2n) is 6.62. The van der Waals surface area contributed by atoms with Crippen LogP contribution in [0.5, 0.6) is 5.88 Å². The van der Waals surface area contributed by atoms with Crippen molar-refractivity contribution in [3.63, 3.8) is 0 Å². The molecule has 28 heavy (non-hydrogen) atoms. The Kier molecular flexibility index (Phi) is 4.32. The smallest absolute Gasteiger partial charge is 0.240 e. The van der Waals surface area contributed by atoms with E-state index < -0.39 is 5.95 Å². The molecule has 1 fully saturated rings. The topological polar surface area (TPSA) is 72.8 Å². The Morgan fingerprint density at radius 3 is 2.71 bits per heavy atom. The minimum Gasteiger partial charge on any atom is -0.473 e. The molecule has 3 heterocycles. The van der Waals surface area contributed by atoms with Crippen molar-refractivity contribution >= 4 is 26.7 Å². The van der Waals surface area contributed by atoms with Gasteiger partial charge in [-0.15, -0.1) is 0 Å². The summed E-state index contributed by atoms with van der Waals surface area (Å²) < 4.78 is 20.3. The molecule has 1 aliphatic rings. The molecular formula is C20H16FN5OS. The number of hydrogen-bond donors (Lipinski definition) is 1. The van der Waals surface area contributed by atoms with E-state index in [1.807, 2.05) is 18.2 Å². The second-order valence-corrected chi connectivity index (χ2v) is 7.65. The van der Waals surface area contributed by atoms with Gasteiger partial charge < -0.3 is 10.1 Å². The highest BCUT2D eigenvalue weighted by Crippen LogP contribution is 2.33. The highest BCUT2D eigenvalue weighted by Gasteiger charge is 2.32. The minimum atomic E-state index is -0.530. The van der Waals surface area contributed by atoms with Crippen molar-refractivity contribution in [1.82, 2.24) is 19.9 Å². The van der Waals surface area contributed by atoms with E-state index in [-0.39, 0.29) is 6.10 Å². The molecule has 0 saturated heterocycles. The number of nitrogens with one attached hydrogen (secondary N) is 1. The van der Waals surface area contributed by atoms with Gasteiger partial charge in [0, 0.05) is 43.0 Å². The highest BCUT2D eigenvalue weighted by atomic mass is 32.1. The molecule has 140 valence electrons. The maximum absolute atomic E-state index is 13.1. The summed E-state index contributed by atoms with van der Waals surface area (Å²) in [7, 11) is 0. The zero-order chi connectivity index (χ0) is 18.9. The van der Waals surface area contributed by atoms with Crippen molar-refractivity contribution in [2.24, 2.45) is 0 Å². The number of ether oxygens (including phenoxy) is 1. The largest absolute Gasteiger partial charge is 0.473 e. The standard InChI is InChI=1S/C20H16FN5OS/c21-17-6-5-12(11-24-17)18-19(23-8-7-22-18)27-14-9-13(10-14)25-20-26-15-3-1-2-4-16(15)28-20/h1-8,11,13-14H,9-10H2,(H,25,26). The van der Waals surface area contributed by atoms with E-state index in [2.05, 4.69) is 31.3 Å². The molecule has 0 amide bonds. The first-order chi connectivity index (χ1) is 13.7. The normalized spacial score (nSPS) is 18.6. The number of para-hydroxylation sites is 1. The number of nitrogens with zero attached hydrogens (tertiary/aromatic N) is 4. The molecule has 0 atom stereocenters. The minimum absolute atomic E-state index is 0.0516. The Hall–Kier alpha value is -3.13. The fourth-order valence-corrected chi connectivity index (χ4v) is 4.11. The van der Waals surface area contributed by atoms with Crippen LogP contribution >= 0.6 is 11.3 Å². The molecule has 1 saturated carbocycles. The summed E-state index contributed by atoms with van der Waals surface area (Å²) in [4.78, 5) is 16.9. The summed E-state index contributed by atoms with van der Waals surface area (Å²) in [5.74, 6) is -0.0859. The summed E-state index contributed by atoms with van der Waals surface area (Å²) >= 11 is 1.66. The van der Waals surface area contributed by atoms with Gasteiger partial charge in [0.2, 0.25) is 11.8 Å². The first-order valence-electron chi connectivity index (χ1n) is 8.96. The predicted octanol–water partition coefficient (Wildman–Crippen LogP) is 4.31. The van der Waals surface area contributed by atoms with Crippen molar-refractivity contribution in [3.8, 4) is 17.1 Å². The van der Waals surface area contributed by atoms with E-state index in [9.17, 15) is 4.39 Å². The molecular weight excluding hydrogens is 377 g/mol. The first-order valence-corrected chi connectivity index (χ1v) is 9.78. The molecule has 8 heteroatoms. The third-order valence-corrected chi connectivity index (χ3v) is 5.63. The lowest BCUT2D eigenvalue weighted by atomic mass is 9.89. The molecule has 1 aliphatic carbocycles. The van der Waals surface area contributed by atoms with Crippen LogP contribution in [0.2, 0.25) is 0 Å². The Morgan fingerprint density at radius 2 is 1.89 bits per heavy atom. The summed E-state index contributed by atoms with van der Waals surface area (Å²) in [6, 6.07) is 11.3. The molecule has 5 rings (SSSR count). The molecule has 6 nitrogen and oxygen atoms in total. The number of benzene rings is 1. The average molecular weight is 393 g/mol. The molecule has 1 aromatic carbocycles. The van der Waals surface area contributed by atoms with Crippen molar-refractivity contribution in [2.45, 2.75) is 25.0 Å². The third kappa shape index (κ3) is 3.38. The zero-order valence-corrected chi connectivity index (χ0v) is 15.6. The lowest BCUT2D eigenvalue weighted by Crippen LogP contribution is -2.42. The van der Waals surface area contributed by atoms with Gasteiger partial charge in [0.15, 0.2) is 5.13 Å². The quantitative estimate of drug-likeness (QED) is 0.510. The van der Waals surface area contributed by atoms with Gasteiger partial charge in [-0.3, -0.25) is 0 Å². The van der Waals surface area contributed by atoms with Crippen molar-refractivity contribution in [2.75, 3.05) is 5.32 Å². The number of thiazole rings is 1. The average Bonchev–Trinajstić information content (AvgIpc) is 3.10. The predicted molar refractivity (Wildman–Crippen MR) is 106 cm³/mol. The lowest BCUT2D eigenvalue weighted by Gasteiger charge is -2.35. The van der Waals surface area contributed by atoms with Crippen LogP contribution in [-0.4, -0.2) is 32.1 Å². The monoisotopic (exact) mass is 393 g/mol. The van der Waals surface area contributed by atoms with E-state index in [0.717, 1.165) is 23.5 Å². The summed E-state index contributed by atoms with van der Waals surface area (Å²) in [5.41, 5.74) is 2.25. The van der Waals surface area contributed by atoms with Crippen LogP contribution in [0.3, 0.4) is 0 Å². The fraction of sp³-hybridized carbons (Fsp3) is 0.200.